The number of alkyl halides is 9. The molecular formula is C15H10F9NO. The highest BCUT2D eigenvalue weighted by atomic mass is 19.4. The Hall–Kier alpha value is -2.20. The summed E-state index contributed by atoms with van der Waals surface area (Å²) in [4.78, 5) is 11.7. The van der Waals surface area contributed by atoms with E-state index in [-0.39, 0.29) is 15.5 Å². The van der Waals surface area contributed by atoms with Gasteiger partial charge in [-0.3, -0.25) is 9.36 Å². The van der Waals surface area contributed by atoms with Crippen LogP contribution < -0.4 is 0 Å². The van der Waals surface area contributed by atoms with Crippen molar-refractivity contribution in [3.05, 3.63) is 35.5 Å². The second-order valence-electron chi connectivity index (χ2n) is 5.57. The van der Waals surface area contributed by atoms with Gasteiger partial charge in [-0.05, 0) is 18.6 Å². The Morgan fingerprint density at radius 3 is 1.85 bits per heavy atom. The minimum absolute atomic E-state index is 0.0189. The molecule has 0 N–H and O–H groups in total. The summed E-state index contributed by atoms with van der Waals surface area (Å²) < 4.78 is 120. The molecule has 0 aliphatic carbocycles. The predicted molar refractivity (Wildman–Crippen MR) is 72.8 cm³/mol. The van der Waals surface area contributed by atoms with Crippen molar-refractivity contribution in [2.24, 2.45) is 0 Å². The van der Waals surface area contributed by atoms with E-state index in [0.29, 0.717) is 6.92 Å². The van der Waals surface area contributed by atoms with Gasteiger partial charge in [0.25, 0.3) is 0 Å². The zero-order chi connectivity index (χ0) is 20.3. The largest absolute Gasteiger partial charge is 0.460 e. The number of para-hydroxylation sites is 1. The molecular weight excluding hydrogens is 381 g/mol. The first kappa shape index (κ1) is 20.1. The lowest BCUT2D eigenvalue weighted by Gasteiger charge is -2.34. The van der Waals surface area contributed by atoms with Gasteiger partial charge in [-0.15, -0.1) is 0 Å². The van der Waals surface area contributed by atoms with Crippen LogP contribution in [-0.2, 0) is 5.92 Å². The number of benzene rings is 1. The molecule has 11 heteroatoms. The van der Waals surface area contributed by atoms with E-state index in [0.717, 1.165) is 19.1 Å². The van der Waals surface area contributed by atoms with Crippen molar-refractivity contribution in [1.82, 2.24) is 4.57 Å². The Balaban J connectivity index is 2.88. The van der Waals surface area contributed by atoms with Crippen molar-refractivity contribution < 1.29 is 44.3 Å². The van der Waals surface area contributed by atoms with Crippen LogP contribution in [-0.4, -0.2) is 28.5 Å². The standard InChI is InChI=1S/C15H10F9NO/c1-7-9-5-3-4-6-10(9)25(8(2)26)11(7)12(16,17)13(18,19)14(20,21)15(22,23)24/h3-6H,1-2H3. The second kappa shape index (κ2) is 5.65. The van der Waals surface area contributed by atoms with Crippen LogP contribution in [0.1, 0.15) is 23.0 Å². The van der Waals surface area contributed by atoms with E-state index in [1.807, 2.05) is 0 Å². The highest BCUT2D eigenvalue weighted by Crippen LogP contribution is 2.57. The van der Waals surface area contributed by atoms with Crippen LogP contribution in [0, 0.1) is 6.92 Å². The minimum atomic E-state index is -7.03. The molecule has 2 aromatic rings. The number of halogens is 9. The molecule has 0 unspecified atom stereocenters. The van der Waals surface area contributed by atoms with E-state index in [1.54, 1.807) is 0 Å². The summed E-state index contributed by atoms with van der Waals surface area (Å²) in [6, 6.07) is 4.77. The quantitative estimate of drug-likeness (QED) is 0.631. The van der Waals surface area contributed by atoms with E-state index in [9.17, 15) is 44.3 Å². The Kier molecular flexibility index (Phi) is 4.37. The van der Waals surface area contributed by atoms with Crippen molar-refractivity contribution in [3.63, 3.8) is 0 Å². The van der Waals surface area contributed by atoms with Gasteiger partial charge in [0.1, 0.15) is 5.69 Å². The molecule has 1 aromatic carbocycles. The first-order valence-electron chi connectivity index (χ1n) is 6.90. The van der Waals surface area contributed by atoms with Crippen LogP contribution in [0.4, 0.5) is 39.5 Å². The summed E-state index contributed by atoms with van der Waals surface area (Å²) in [5, 5.41) is -0.163. The van der Waals surface area contributed by atoms with Gasteiger partial charge >= 0.3 is 23.9 Å². The Bertz CT molecular complexity index is 864. The summed E-state index contributed by atoms with van der Waals surface area (Å²) in [6.45, 7) is 1.51. The molecule has 0 aliphatic rings. The molecule has 0 fully saturated rings. The average Bonchev–Trinajstić information content (AvgIpc) is 2.80. The van der Waals surface area contributed by atoms with Gasteiger partial charge in [0.15, 0.2) is 0 Å². The van der Waals surface area contributed by atoms with Crippen molar-refractivity contribution >= 4 is 16.8 Å². The van der Waals surface area contributed by atoms with Crippen LogP contribution in [0.15, 0.2) is 24.3 Å². The lowest BCUT2D eigenvalue weighted by atomic mass is 9.98. The number of aromatic nitrogens is 1. The second-order valence-corrected chi connectivity index (χ2v) is 5.57. The monoisotopic (exact) mass is 391 g/mol. The predicted octanol–water partition coefficient (Wildman–Crippen LogP) is 5.53. The fraction of sp³-hybridized carbons (Fsp3) is 0.400. The number of nitrogens with zero attached hydrogens (tertiary/aromatic N) is 1. The lowest BCUT2D eigenvalue weighted by Crippen LogP contribution is -2.60. The average molecular weight is 391 g/mol. The van der Waals surface area contributed by atoms with Gasteiger partial charge in [0.05, 0.1) is 5.52 Å². The molecule has 2 nitrogen and oxygen atoms in total. The van der Waals surface area contributed by atoms with Crippen LogP contribution >= 0.6 is 0 Å². The van der Waals surface area contributed by atoms with Crippen LogP contribution in [0.3, 0.4) is 0 Å². The maximum Gasteiger partial charge on any atom is 0.460 e. The summed E-state index contributed by atoms with van der Waals surface area (Å²) in [6.07, 6.45) is -6.93. The van der Waals surface area contributed by atoms with E-state index in [1.165, 1.54) is 12.1 Å². The summed E-state index contributed by atoms with van der Waals surface area (Å²) >= 11 is 0. The maximum atomic E-state index is 14.4. The molecule has 0 bridgehead atoms. The molecule has 0 radical (unpaired) electrons. The Labute approximate surface area is 140 Å². The SMILES string of the molecule is CC(=O)n1c(C(F)(F)C(F)(F)C(F)(F)C(F)(F)F)c(C)c2ccccc21. The number of carbonyl (C=O) groups excluding carboxylic acids is 1. The summed E-state index contributed by atoms with van der Waals surface area (Å²) in [5.74, 6) is -21.1. The molecule has 0 saturated heterocycles. The summed E-state index contributed by atoms with van der Waals surface area (Å²) in [5.41, 5.74) is -2.95. The van der Waals surface area contributed by atoms with E-state index >= 15 is 0 Å². The molecule has 1 heterocycles. The van der Waals surface area contributed by atoms with Crippen LogP contribution in [0.2, 0.25) is 0 Å². The number of aryl methyl sites for hydroxylation is 1. The van der Waals surface area contributed by atoms with Gasteiger partial charge in [-0.2, -0.15) is 39.5 Å². The number of carbonyl (C=O) groups is 1. The van der Waals surface area contributed by atoms with Gasteiger partial charge in [-0.25, -0.2) is 0 Å². The van der Waals surface area contributed by atoms with Crippen molar-refractivity contribution in [2.45, 2.75) is 37.8 Å². The minimum Gasteiger partial charge on any atom is -0.278 e. The molecule has 1 aromatic heterocycles. The van der Waals surface area contributed by atoms with E-state index in [2.05, 4.69) is 0 Å². The van der Waals surface area contributed by atoms with E-state index < -0.39 is 41.1 Å². The molecule has 0 aliphatic heterocycles. The summed E-state index contributed by atoms with van der Waals surface area (Å²) in [7, 11) is 0. The zero-order valence-electron chi connectivity index (χ0n) is 13.1. The topological polar surface area (TPSA) is 22.0 Å². The fourth-order valence-corrected chi connectivity index (χ4v) is 2.63. The molecule has 0 atom stereocenters. The number of hydrogen-bond donors (Lipinski definition) is 0. The third-order valence-corrected chi connectivity index (χ3v) is 3.88. The third-order valence-electron chi connectivity index (χ3n) is 3.88. The number of rotatable bonds is 3. The number of fused-ring (bicyclic) bond motifs is 1. The van der Waals surface area contributed by atoms with Crippen molar-refractivity contribution in [1.29, 1.82) is 0 Å². The first-order chi connectivity index (χ1) is 11.6. The lowest BCUT2D eigenvalue weighted by molar-refractivity contribution is -0.400. The molecule has 144 valence electrons. The number of hydrogen-bond acceptors (Lipinski definition) is 1. The van der Waals surface area contributed by atoms with Gasteiger partial charge in [-0.1, -0.05) is 18.2 Å². The van der Waals surface area contributed by atoms with Gasteiger partial charge in [0.2, 0.25) is 5.91 Å². The molecule has 2 rings (SSSR count). The molecule has 0 spiro atoms. The highest BCUT2D eigenvalue weighted by molar-refractivity contribution is 5.95. The molecule has 26 heavy (non-hydrogen) atoms. The zero-order valence-corrected chi connectivity index (χ0v) is 13.1. The van der Waals surface area contributed by atoms with Gasteiger partial charge in [0, 0.05) is 12.3 Å². The molecule has 0 amide bonds. The van der Waals surface area contributed by atoms with E-state index in [4.69, 9.17) is 0 Å². The highest BCUT2D eigenvalue weighted by Gasteiger charge is 2.82. The third kappa shape index (κ3) is 2.47. The Morgan fingerprint density at radius 1 is 0.885 bits per heavy atom. The van der Waals surface area contributed by atoms with Crippen molar-refractivity contribution in [3.8, 4) is 0 Å². The smallest absolute Gasteiger partial charge is 0.278 e. The fourth-order valence-electron chi connectivity index (χ4n) is 2.63. The Morgan fingerprint density at radius 2 is 1.38 bits per heavy atom. The van der Waals surface area contributed by atoms with Crippen molar-refractivity contribution in [2.75, 3.05) is 0 Å². The molecule has 0 saturated carbocycles. The normalized spacial score (nSPS) is 14.1. The van der Waals surface area contributed by atoms with Crippen LogP contribution in [0.5, 0.6) is 0 Å². The van der Waals surface area contributed by atoms with Gasteiger partial charge < -0.3 is 0 Å². The maximum absolute atomic E-state index is 14.4. The van der Waals surface area contributed by atoms with Crippen LogP contribution in [0.25, 0.3) is 10.9 Å². The first-order valence-corrected chi connectivity index (χ1v) is 6.90.